The van der Waals surface area contributed by atoms with Gasteiger partial charge in [-0.2, -0.15) is 0 Å². The maximum atomic E-state index is 13.7. The number of benzene rings is 3. The molecular weight excluding hydrogens is 652 g/mol. The van der Waals surface area contributed by atoms with Crippen molar-refractivity contribution in [3.8, 4) is 11.5 Å². The quantitative estimate of drug-likeness (QED) is 0.175. The number of aromatic hydroxyl groups is 2. The average Bonchev–Trinajstić information content (AvgIpc) is 3.21. The molecule has 1 aliphatic heterocycles. The lowest BCUT2D eigenvalue weighted by Gasteiger charge is -2.35. The van der Waals surface area contributed by atoms with E-state index in [4.69, 9.17) is 4.74 Å². The summed E-state index contributed by atoms with van der Waals surface area (Å²) in [5, 5.41) is 34.1. The van der Waals surface area contributed by atoms with Crippen LogP contribution in [0.3, 0.4) is 0 Å². The van der Waals surface area contributed by atoms with Crippen molar-refractivity contribution >= 4 is 43.8 Å². The number of ether oxygens (including phenoxy) is 1. The van der Waals surface area contributed by atoms with Crippen molar-refractivity contribution in [1.82, 2.24) is 0 Å². The number of fused-ring (bicyclic) bond motifs is 1. The molecule has 0 unspecified atom stereocenters. The van der Waals surface area contributed by atoms with Gasteiger partial charge >= 0.3 is 11.9 Å². The molecule has 6 nitrogen and oxygen atoms in total. The van der Waals surface area contributed by atoms with E-state index in [1.165, 1.54) is 6.07 Å². The minimum Gasteiger partial charge on any atom is -0.507 e. The first-order chi connectivity index (χ1) is 19.6. The third-order valence-corrected chi connectivity index (χ3v) is 9.02. The monoisotopic (exact) mass is 686 g/mol. The Morgan fingerprint density at radius 1 is 0.805 bits per heavy atom. The second-order valence-electron chi connectivity index (χ2n) is 10.5. The highest BCUT2D eigenvalue weighted by atomic mass is 79.9. The van der Waals surface area contributed by atoms with E-state index in [2.05, 4.69) is 45.7 Å². The van der Waals surface area contributed by atoms with E-state index in [9.17, 15) is 24.9 Å². The fourth-order valence-electron chi connectivity index (χ4n) is 6.15. The predicted octanol–water partition coefficient (Wildman–Crippen LogP) is 8.59. The van der Waals surface area contributed by atoms with Crippen molar-refractivity contribution in [2.45, 2.75) is 84.7 Å². The van der Waals surface area contributed by atoms with Gasteiger partial charge in [0.25, 0.3) is 0 Å². The zero-order valence-corrected chi connectivity index (χ0v) is 27.0. The van der Waals surface area contributed by atoms with Gasteiger partial charge in [-0.1, -0.05) is 97.4 Å². The zero-order valence-electron chi connectivity index (χ0n) is 23.9. The zero-order chi connectivity index (χ0) is 30.1. The summed E-state index contributed by atoms with van der Waals surface area (Å²) in [5.74, 6) is -2.17. The number of carbonyl (C=O) groups excluding carboxylic acids is 1. The molecule has 8 heteroatoms. The number of cyclic esters (lactones) is 1. The largest absolute Gasteiger partial charge is 0.507 e. The molecule has 1 heterocycles. The van der Waals surface area contributed by atoms with Gasteiger partial charge in [-0.3, -0.25) is 0 Å². The maximum absolute atomic E-state index is 13.7. The number of carboxylic acid groups (broad SMARTS) is 1. The SMILES string of the molecule is CCCc1cc(Br)c(C2(c3c(Br)cc(CCC)c(CCC)c3O)OC(=O)c3c(C(=O)O)cccc32)c(O)c1CCC. The number of hydrogen-bond acceptors (Lipinski definition) is 5. The van der Waals surface area contributed by atoms with Crippen LogP contribution in [0.4, 0.5) is 0 Å². The maximum Gasteiger partial charge on any atom is 0.341 e. The van der Waals surface area contributed by atoms with Crippen LogP contribution < -0.4 is 0 Å². The fraction of sp³-hybridized carbons (Fsp3) is 0.394. The fourth-order valence-corrected chi connectivity index (χ4v) is 7.64. The standard InChI is InChI=1S/C33H36Br2O6/c1-5-10-18-16-24(34)27(29(36)20(18)12-7-3)33(23-15-9-14-22(31(38)39)26(23)32(40)41-33)28-25(35)17-19(11-6-2)21(13-8-4)30(28)37/h9,14-17,36-37H,5-8,10-13H2,1-4H3,(H,38,39). The van der Waals surface area contributed by atoms with Gasteiger partial charge in [0.2, 0.25) is 0 Å². The van der Waals surface area contributed by atoms with Gasteiger partial charge in [0.1, 0.15) is 11.5 Å². The Balaban J connectivity index is 2.24. The van der Waals surface area contributed by atoms with E-state index in [1.807, 2.05) is 26.0 Å². The summed E-state index contributed by atoms with van der Waals surface area (Å²) < 4.78 is 7.29. The van der Waals surface area contributed by atoms with Gasteiger partial charge in [-0.25, -0.2) is 9.59 Å². The number of halogens is 2. The number of phenols is 2. The topological polar surface area (TPSA) is 104 Å². The molecule has 0 bridgehead atoms. The Bertz CT molecular complexity index is 1440. The Hall–Kier alpha value is -2.84. The second kappa shape index (κ2) is 12.6. The summed E-state index contributed by atoms with van der Waals surface area (Å²) in [6.45, 7) is 8.20. The molecule has 0 atom stereocenters. The molecule has 0 saturated heterocycles. The van der Waals surface area contributed by atoms with E-state index in [0.717, 1.165) is 60.8 Å². The molecule has 0 fully saturated rings. The molecule has 0 aromatic heterocycles. The van der Waals surface area contributed by atoms with Crippen LogP contribution in [-0.2, 0) is 36.0 Å². The number of carbonyl (C=O) groups is 2. The van der Waals surface area contributed by atoms with Crippen LogP contribution in [0, 0.1) is 0 Å². The third-order valence-electron chi connectivity index (χ3n) is 7.77. The van der Waals surface area contributed by atoms with Crippen molar-refractivity contribution in [2.24, 2.45) is 0 Å². The van der Waals surface area contributed by atoms with Crippen LogP contribution in [0.25, 0.3) is 0 Å². The summed E-state index contributed by atoms with van der Waals surface area (Å²) in [7, 11) is 0. The van der Waals surface area contributed by atoms with E-state index in [-0.39, 0.29) is 39.3 Å². The van der Waals surface area contributed by atoms with Crippen molar-refractivity contribution in [1.29, 1.82) is 0 Å². The van der Waals surface area contributed by atoms with Gasteiger partial charge in [0, 0.05) is 14.5 Å². The van der Waals surface area contributed by atoms with Gasteiger partial charge in [0.05, 0.1) is 22.3 Å². The Kier molecular flexibility index (Phi) is 9.54. The number of aryl methyl sites for hydroxylation is 2. The smallest absolute Gasteiger partial charge is 0.341 e. The Labute approximate surface area is 258 Å². The van der Waals surface area contributed by atoms with Crippen LogP contribution >= 0.6 is 31.9 Å². The molecule has 3 aromatic carbocycles. The lowest BCUT2D eigenvalue weighted by atomic mass is 9.75. The summed E-state index contributed by atoms with van der Waals surface area (Å²) in [5.41, 5.74) is 2.11. The van der Waals surface area contributed by atoms with E-state index < -0.39 is 17.5 Å². The minimum atomic E-state index is -1.83. The van der Waals surface area contributed by atoms with E-state index in [1.54, 1.807) is 12.1 Å². The number of aromatic carboxylic acids is 1. The lowest BCUT2D eigenvalue weighted by molar-refractivity contribution is 0.0232. The van der Waals surface area contributed by atoms with Crippen LogP contribution in [0.2, 0.25) is 0 Å². The van der Waals surface area contributed by atoms with Crippen LogP contribution in [0.5, 0.6) is 11.5 Å². The van der Waals surface area contributed by atoms with Crippen LogP contribution in [0.15, 0.2) is 39.3 Å². The first kappa shape index (κ1) is 31.1. The van der Waals surface area contributed by atoms with E-state index in [0.29, 0.717) is 21.8 Å². The second-order valence-corrected chi connectivity index (χ2v) is 12.3. The highest BCUT2D eigenvalue weighted by Crippen LogP contribution is 2.58. The molecule has 0 saturated carbocycles. The first-order valence-electron chi connectivity index (χ1n) is 14.3. The molecular formula is C33H36Br2O6. The summed E-state index contributed by atoms with van der Waals surface area (Å²) >= 11 is 7.38. The number of hydrogen-bond donors (Lipinski definition) is 3. The van der Waals surface area contributed by atoms with Crippen molar-refractivity contribution in [3.63, 3.8) is 0 Å². The highest BCUT2D eigenvalue weighted by Gasteiger charge is 2.55. The number of phenolic OH excluding ortho intramolecular Hbond substituents is 2. The van der Waals surface area contributed by atoms with Crippen molar-refractivity contribution < 1.29 is 29.6 Å². The highest BCUT2D eigenvalue weighted by molar-refractivity contribution is 9.10. The van der Waals surface area contributed by atoms with E-state index >= 15 is 0 Å². The molecule has 1 aliphatic rings. The number of carboxylic acids is 1. The molecule has 0 amide bonds. The molecule has 3 N–H and O–H groups in total. The number of esters is 1. The number of rotatable bonds is 11. The Morgan fingerprint density at radius 3 is 1.68 bits per heavy atom. The van der Waals surface area contributed by atoms with Gasteiger partial charge < -0.3 is 20.1 Å². The first-order valence-corrected chi connectivity index (χ1v) is 15.8. The van der Waals surface area contributed by atoms with Crippen molar-refractivity contribution in [2.75, 3.05) is 0 Å². The third kappa shape index (κ3) is 5.18. The molecule has 0 spiro atoms. The summed E-state index contributed by atoms with van der Waals surface area (Å²) in [6, 6.07) is 8.46. The lowest BCUT2D eigenvalue weighted by Crippen LogP contribution is -2.32. The summed E-state index contributed by atoms with van der Waals surface area (Å²) in [6.07, 6.45) is 5.98. The molecule has 41 heavy (non-hydrogen) atoms. The molecule has 218 valence electrons. The average molecular weight is 688 g/mol. The predicted molar refractivity (Wildman–Crippen MR) is 166 cm³/mol. The van der Waals surface area contributed by atoms with Gasteiger partial charge in [-0.15, -0.1) is 0 Å². The van der Waals surface area contributed by atoms with Crippen LogP contribution in [0.1, 0.15) is 113 Å². The van der Waals surface area contributed by atoms with Gasteiger partial charge in [0.15, 0.2) is 5.60 Å². The normalized spacial score (nSPS) is 13.8. The minimum absolute atomic E-state index is 0.0352. The van der Waals surface area contributed by atoms with Gasteiger partial charge in [-0.05, 0) is 66.1 Å². The Morgan fingerprint density at radius 2 is 1.27 bits per heavy atom. The molecule has 0 aliphatic carbocycles. The molecule has 0 radical (unpaired) electrons. The summed E-state index contributed by atoms with van der Waals surface area (Å²) in [4.78, 5) is 25.9. The van der Waals surface area contributed by atoms with Crippen molar-refractivity contribution in [3.05, 3.63) is 89.3 Å². The molecule has 4 rings (SSSR count). The van der Waals surface area contributed by atoms with Crippen LogP contribution in [-0.4, -0.2) is 27.3 Å². The molecule has 3 aromatic rings.